The number of hydrogen-bond donors (Lipinski definition) is 1. The van der Waals surface area contributed by atoms with Crippen molar-refractivity contribution in [2.24, 2.45) is 5.73 Å². The Morgan fingerprint density at radius 3 is 2.26 bits per heavy atom. The highest BCUT2D eigenvalue weighted by Crippen LogP contribution is 2.40. The molecule has 0 bridgehead atoms. The molecule has 0 radical (unpaired) electrons. The number of nitrogens with zero attached hydrogens (tertiary/aromatic N) is 1. The minimum absolute atomic E-state index is 0.0679. The van der Waals surface area contributed by atoms with E-state index < -0.39 is 11.2 Å². The maximum atomic E-state index is 14.0. The Morgan fingerprint density at radius 2 is 1.67 bits per heavy atom. The summed E-state index contributed by atoms with van der Waals surface area (Å²) in [7, 11) is 0. The second kappa shape index (κ2) is 12.6. The second-order valence-corrected chi connectivity index (χ2v) is 10.8. The zero-order valence-electron chi connectivity index (χ0n) is 23.1. The van der Waals surface area contributed by atoms with Crippen LogP contribution in [0.1, 0.15) is 56.7 Å². The molecule has 1 saturated heterocycles. The zero-order chi connectivity index (χ0) is 27.9. The number of rotatable bonds is 12. The zero-order valence-corrected chi connectivity index (χ0v) is 23.1. The van der Waals surface area contributed by atoms with Gasteiger partial charge in [-0.3, -0.25) is 9.69 Å². The Labute approximate surface area is 231 Å². The number of allylic oxidation sites excluding steroid dienone is 1. The van der Waals surface area contributed by atoms with Crippen molar-refractivity contribution >= 4 is 5.91 Å². The molecule has 1 aliphatic heterocycles. The number of halogens is 1. The molecule has 3 aromatic rings. The summed E-state index contributed by atoms with van der Waals surface area (Å²) in [5.41, 5.74) is 7.78. The third-order valence-corrected chi connectivity index (χ3v) is 7.88. The van der Waals surface area contributed by atoms with Crippen LogP contribution in [0.2, 0.25) is 0 Å². The maximum Gasteiger partial charge on any atom is 0.232 e. The average molecular weight is 531 g/mol. The fourth-order valence-corrected chi connectivity index (χ4v) is 5.46. The minimum atomic E-state index is -0.912. The van der Waals surface area contributed by atoms with Crippen LogP contribution in [0.25, 0.3) is 0 Å². The Kier molecular flexibility index (Phi) is 9.20. The molecule has 0 aromatic heterocycles. The molecule has 1 fully saturated rings. The smallest absolute Gasteiger partial charge is 0.232 e. The van der Waals surface area contributed by atoms with E-state index in [9.17, 15) is 9.18 Å². The molecule has 0 spiro atoms. The second-order valence-electron chi connectivity index (χ2n) is 10.8. The average Bonchev–Trinajstić information content (AvgIpc) is 3.43. The molecule has 6 heteroatoms. The molecule has 39 heavy (non-hydrogen) atoms. The summed E-state index contributed by atoms with van der Waals surface area (Å²) in [5.74, 6) is -0.544. The van der Waals surface area contributed by atoms with E-state index in [1.807, 2.05) is 67.6 Å². The summed E-state index contributed by atoms with van der Waals surface area (Å²) in [5, 5.41) is 0. The number of carbonyl (C=O) groups is 1. The van der Waals surface area contributed by atoms with Crippen LogP contribution in [-0.2, 0) is 21.6 Å². The summed E-state index contributed by atoms with van der Waals surface area (Å²) in [6, 6.07) is 24.5. The van der Waals surface area contributed by atoms with Gasteiger partial charge in [-0.15, -0.1) is 0 Å². The normalized spacial score (nSPS) is 16.6. The van der Waals surface area contributed by atoms with Crippen molar-refractivity contribution in [2.45, 2.75) is 63.7 Å². The maximum absolute atomic E-state index is 14.0. The van der Waals surface area contributed by atoms with E-state index in [0.717, 1.165) is 42.6 Å². The van der Waals surface area contributed by atoms with Gasteiger partial charge in [-0.2, -0.15) is 0 Å². The van der Waals surface area contributed by atoms with Gasteiger partial charge in [0.25, 0.3) is 0 Å². The fraction of sp³-hybridized carbons (Fsp3) is 0.364. The number of carbonyl (C=O) groups excluding carboxylic acids is 1. The standard InChI is InChI=1S/C33H39FN2O3/c1-4-21-38-30-22-25(15-16-29(30)34)24-39-28-17-20-36(23-28)32(2,3)18-19-33(31(35)37,26-11-7-5-8-12-26)27-13-9-6-10-14-27/h4-16,21-22,28H,17-20,23-24H2,1-3H3,(H2,35,37)/t28-/m1/s1. The molecule has 1 aliphatic rings. The molecule has 1 heterocycles. The van der Waals surface area contributed by atoms with E-state index in [4.69, 9.17) is 15.2 Å². The molecular weight excluding hydrogens is 491 g/mol. The van der Waals surface area contributed by atoms with Crippen molar-refractivity contribution in [1.82, 2.24) is 4.90 Å². The van der Waals surface area contributed by atoms with Crippen molar-refractivity contribution in [3.63, 3.8) is 0 Å². The highest BCUT2D eigenvalue weighted by atomic mass is 19.1. The lowest BCUT2D eigenvalue weighted by atomic mass is 9.69. The number of primary amides is 1. The van der Waals surface area contributed by atoms with Gasteiger partial charge in [0.05, 0.1) is 24.4 Å². The van der Waals surface area contributed by atoms with Gasteiger partial charge in [0, 0.05) is 18.6 Å². The predicted octanol–water partition coefficient (Wildman–Crippen LogP) is 6.36. The molecule has 4 rings (SSSR count). The topological polar surface area (TPSA) is 64.8 Å². The van der Waals surface area contributed by atoms with E-state index in [0.29, 0.717) is 13.0 Å². The molecule has 0 saturated carbocycles. The van der Waals surface area contributed by atoms with Gasteiger partial charge in [0.2, 0.25) is 5.91 Å². The van der Waals surface area contributed by atoms with Gasteiger partial charge in [0.15, 0.2) is 11.6 Å². The van der Waals surface area contributed by atoms with Crippen LogP contribution in [0.5, 0.6) is 5.75 Å². The quantitative estimate of drug-likeness (QED) is 0.277. The molecule has 3 aromatic carbocycles. The summed E-state index contributed by atoms with van der Waals surface area (Å²) in [6.45, 7) is 8.34. The van der Waals surface area contributed by atoms with Crippen LogP contribution >= 0.6 is 0 Å². The van der Waals surface area contributed by atoms with Gasteiger partial charge in [-0.25, -0.2) is 4.39 Å². The monoisotopic (exact) mass is 530 g/mol. The third kappa shape index (κ3) is 6.57. The first kappa shape index (κ1) is 28.5. The van der Waals surface area contributed by atoms with Crippen LogP contribution in [0.3, 0.4) is 0 Å². The van der Waals surface area contributed by atoms with Gasteiger partial charge in [-0.05, 0) is 68.9 Å². The van der Waals surface area contributed by atoms with Gasteiger partial charge in [0.1, 0.15) is 0 Å². The Bertz CT molecular complexity index is 1220. The summed E-state index contributed by atoms with van der Waals surface area (Å²) < 4.78 is 25.6. The first-order valence-electron chi connectivity index (χ1n) is 13.6. The van der Waals surface area contributed by atoms with Crippen LogP contribution in [0, 0.1) is 5.82 Å². The molecule has 0 unspecified atom stereocenters. The van der Waals surface area contributed by atoms with Crippen LogP contribution in [-0.4, -0.2) is 35.5 Å². The van der Waals surface area contributed by atoms with E-state index in [1.165, 1.54) is 12.3 Å². The van der Waals surface area contributed by atoms with E-state index in [-0.39, 0.29) is 23.3 Å². The minimum Gasteiger partial charge on any atom is -0.462 e. The molecule has 5 nitrogen and oxygen atoms in total. The number of likely N-dealkylation sites (tertiary alicyclic amines) is 1. The lowest BCUT2D eigenvalue weighted by molar-refractivity contribution is -0.122. The number of hydrogen-bond acceptors (Lipinski definition) is 4. The largest absolute Gasteiger partial charge is 0.462 e. The molecular formula is C33H39FN2O3. The van der Waals surface area contributed by atoms with Crippen LogP contribution in [0.15, 0.2) is 91.2 Å². The van der Waals surface area contributed by atoms with Crippen molar-refractivity contribution < 1.29 is 18.7 Å². The molecule has 206 valence electrons. The van der Waals surface area contributed by atoms with Gasteiger partial charge < -0.3 is 15.2 Å². The van der Waals surface area contributed by atoms with Crippen molar-refractivity contribution in [1.29, 1.82) is 0 Å². The number of benzene rings is 3. The first-order valence-corrected chi connectivity index (χ1v) is 13.6. The van der Waals surface area contributed by atoms with Gasteiger partial charge in [-0.1, -0.05) is 72.8 Å². The number of ether oxygens (including phenoxy) is 2. The van der Waals surface area contributed by atoms with E-state index >= 15 is 0 Å². The summed E-state index contributed by atoms with van der Waals surface area (Å²) in [4.78, 5) is 15.6. The molecule has 2 N–H and O–H groups in total. The Morgan fingerprint density at radius 1 is 1.03 bits per heavy atom. The van der Waals surface area contributed by atoms with Crippen molar-refractivity contribution in [2.75, 3.05) is 13.1 Å². The summed E-state index contributed by atoms with van der Waals surface area (Å²) >= 11 is 0. The number of nitrogens with two attached hydrogens (primary N) is 1. The first-order chi connectivity index (χ1) is 18.8. The Hall–Kier alpha value is -3.48. The lowest BCUT2D eigenvalue weighted by Gasteiger charge is -2.40. The van der Waals surface area contributed by atoms with E-state index in [1.54, 1.807) is 18.2 Å². The SMILES string of the molecule is CC=COc1cc(CO[C@@H]2CCN(C(C)(C)CCC(C(N)=O)(c3ccccc3)c3ccccc3)C2)ccc1F. The predicted molar refractivity (Wildman–Crippen MR) is 153 cm³/mol. The van der Waals surface area contributed by atoms with Crippen LogP contribution < -0.4 is 10.5 Å². The lowest BCUT2D eigenvalue weighted by Crippen LogP contribution is -2.47. The number of amides is 1. The van der Waals surface area contributed by atoms with Gasteiger partial charge >= 0.3 is 0 Å². The highest BCUT2D eigenvalue weighted by molar-refractivity contribution is 5.90. The van der Waals surface area contributed by atoms with Crippen molar-refractivity contribution in [3.8, 4) is 5.75 Å². The third-order valence-electron chi connectivity index (χ3n) is 7.88. The Balaban J connectivity index is 1.43. The summed E-state index contributed by atoms with van der Waals surface area (Å²) in [6.07, 6.45) is 5.52. The highest BCUT2D eigenvalue weighted by Gasteiger charge is 2.43. The van der Waals surface area contributed by atoms with E-state index in [2.05, 4.69) is 18.7 Å². The van der Waals surface area contributed by atoms with Crippen molar-refractivity contribution in [3.05, 3.63) is 114 Å². The fourth-order valence-electron chi connectivity index (χ4n) is 5.46. The molecule has 1 atom stereocenters. The molecule has 1 amide bonds. The molecule has 0 aliphatic carbocycles. The van der Waals surface area contributed by atoms with Crippen LogP contribution in [0.4, 0.5) is 4.39 Å².